The van der Waals surface area contributed by atoms with Gasteiger partial charge in [-0.15, -0.1) is 5.10 Å². The first kappa shape index (κ1) is 12.0. The zero-order valence-electron chi connectivity index (χ0n) is 9.18. The van der Waals surface area contributed by atoms with Crippen molar-refractivity contribution in [3.05, 3.63) is 12.2 Å². The van der Waals surface area contributed by atoms with Crippen molar-refractivity contribution in [1.82, 2.24) is 14.8 Å². The highest BCUT2D eigenvalue weighted by Crippen LogP contribution is 2.27. The van der Waals surface area contributed by atoms with Crippen molar-refractivity contribution in [3.8, 4) is 0 Å². The molecule has 0 amide bonds. The minimum atomic E-state index is -0.754. The number of carbonyl (C=O) groups excluding carboxylic acids is 1. The van der Waals surface area contributed by atoms with Crippen molar-refractivity contribution in [1.29, 1.82) is 0 Å². The van der Waals surface area contributed by atoms with Gasteiger partial charge in [0.2, 0.25) is 0 Å². The SMILES string of the molecule is COC(=O)c1ncn([C@H]2C[C@H](O)[C@@H](CO)O2)n1. The molecule has 0 spiro atoms. The summed E-state index contributed by atoms with van der Waals surface area (Å²) in [4.78, 5) is 14.9. The molecule has 17 heavy (non-hydrogen) atoms. The molecule has 3 atom stereocenters. The molecule has 0 saturated carbocycles. The number of rotatable bonds is 3. The fourth-order valence-electron chi connectivity index (χ4n) is 1.64. The molecule has 1 fully saturated rings. The summed E-state index contributed by atoms with van der Waals surface area (Å²) in [7, 11) is 1.24. The number of esters is 1. The van der Waals surface area contributed by atoms with Crippen molar-refractivity contribution < 1.29 is 24.5 Å². The van der Waals surface area contributed by atoms with Crippen LogP contribution in [0.2, 0.25) is 0 Å². The third-order valence-electron chi connectivity index (χ3n) is 2.56. The molecule has 0 unspecified atom stereocenters. The number of methoxy groups -OCH3 is 1. The highest BCUT2D eigenvalue weighted by molar-refractivity contribution is 5.84. The first-order valence-electron chi connectivity index (χ1n) is 5.09. The molecule has 1 aliphatic heterocycles. The summed E-state index contributed by atoms with van der Waals surface area (Å²) < 4.78 is 11.1. The van der Waals surface area contributed by atoms with Crippen LogP contribution in [0.4, 0.5) is 0 Å². The number of aliphatic hydroxyl groups is 2. The van der Waals surface area contributed by atoms with Crippen molar-refractivity contribution in [3.63, 3.8) is 0 Å². The van der Waals surface area contributed by atoms with Gasteiger partial charge in [-0.05, 0) is 0 Å². The largest absolute Gasteiger partial charge is 0.463 e. The second-order valence-electron chi connectivity index (χ2n) is 3.65. The minimum Gasteiger partial charge on any atom is -0.463 e. The van der Waals surface area contributed by atoms with E-state index in [4.69, 9.17) is 9.84 Å². The Morgan fingerprint density at radius 3 is 3.12 bits per heavy atom. The van der Waals surface area contributed by atoms with Gasteiger partial charge in [-0.1, -0.05) is 0 Å². The Kier molecular flexibility index (Phi) is 3.36. The molecule has 0 aromatic carbocycles. The number of hydrogen-bond acceptors (Lipinski definition) is 7. The maximum Gasteiger partial charge on any atom is 0.377 e. The molecule has 0 bridgehead atoms. The number of hydrogen-bond donors (Lipinski definition) is 2. The number of ether oxygens (including phenoxy) is 2. The molecule has 8 heteroatoms. The zero-order chi connectivity index (χ0) is 12.4. The molecule has 1 aromatic rings. The topological polar surface area (TPSA) is 107 Å². The van der Waals surface area contributed by atoms with Crippen LogP contribution in [0.1, 0.15) is 23.3 Å². The molecule has 8 nitrogen and oxygen atoms in total. The molecular formula is C9H13N3O5. The molecule has 2 N–H and O–H groups in total. The van der Waals surface area contributed by atoms with Crippen LogP contribution in [0.25, 0.3) is 0 Å². The van der Waals surface area contributed by atoms with Crippen LogP contribution in [-0.2, 0) is 9.47 Å². The van der Waals surface area contributed by atoms with E-state index in [9.17, 15) is 9.90 Å². The van der Waals surface area contributed by atoms with E-state index in [-0.39, 0.29) is 18.9 Å². The van der Waals surface area contributed by atoms with E-state index in [0.29, 0.717) is 0 Å². The molecule has 1 saturated heterocycles. The summed E-state index contributed by atoms with van der Waals surface area (Å²) in [6.45, 7) is -0.268. The highest BCUT2D eigenvalue weighted by Gasteiger charge is 2.35. The van der Waals surface area contributed by atoms with Gasteiger partial charge in [0.15, 0.2) is 6.23 Å². The zero-order valence-corrected chi connectivity index (χ0v) is 9.18. The number of aliphatic hydroxyl groups excluding tert-OH is 2. The van der Waals surface area contributed by atoms with Crippen molar-refractivity contribution >= 4 is 5.97 Å². The number of carbonyl (C=O) groups is 1. The van der Waals surface area contributed by atoms with Crippen molar-refractivity contribution in [2.45, 2.75) is 24.9 Å². The third kappa shape index (κ3) is 2.28. The summed E-state index contributed by atoms with van der Waals surface area (Å²) in [5, 5.41) is 22.4. The van der Waals surface area contributed by atoms with Gasteiger partial charge in [-0.25, -0.2) is 14.5 Å². The van der Waals surface area contributed by atoms with E-state index in [1.54, 1.807) is 0 Å². The molecule has 94 valence electrons. The number of nitrogens with zero attached hydrogens (tertiary/aromatic N) is 3. The van der Waals surface area contributed by atoms with E-state index in [2.05, 4.69) is 14.8 Å². The van der Waals surface area contributed by atoms with Gasteiger partial charge in [-0.3, -0.25) is 0 Å². The standard InChI is InChI=1S/C9H13N3O5/c1-16-9(15)8-10-4-12(11-8)7-2-5(14)6(3-13)17-7/h4-7,13-14H,2-3H2,1H3/t5-,6+,7+/m0/s1. The van der Waals surface area contributed by atoms with Gasteiger partial charge in [-0.2, -0.15) is 0 Å². The Hall–Kier alpha value is -1.51. The fourth-order valence-corrected chi connectivity index (χ4v) is 1.64. The van der Waals surface area contributed by atoms with Crippen molar-refractivity contribution in [2.24, 2.45) is 0 Å². The minimum absolute atomic E-state index is 0.0713. The molecular weight excluding hydrogens is 230 g/mol. The van der Waals surface area contributed by atoms with Crippen LogP contribution in [-0.4, -0.2) is 56.9 Å². The first-order chi connectivity index (χ1) is 8.15. The number of aromatic nitrogens is 3. The van der Waals surface area contributed by atoms with E-state index in [1.165, 1.54) is 18.1 Å². The lowest BCUT2D eigenvalue weighted by atomic mass is 10.2. The van der Waals surface area contributed by atoms with Crippen LogP contribution < -0.4 is 0 Å². The monoisotopic (exact) mass is 243 g/mol. The van der Waals surface area contributed by atoms with E-state index in [1.807, 2.05) is 0 Å². The van der Waals surface area contributed by atoms with E-state index < -0.39 is 24.4 Å². The van der Waals surface area contributed by atoms with E-state index >= 15 is 0 Å². The second-order valence-corrected chi connectivity index (χ2v) is 3.65. The molecule has 2 heterocycles. The average Bonchev–Trinajstić information content (AvgIpc) is 2.94. The van der Waals surface area contributed by atoms with Crippen LogP contribution in [0.5, 0.6) is 0 Å². The van der Waals surface area contributed by atoms with Gasteiger partial charge in [0.05, 0.1) is 19.8 Å². The lowest BCUT2D eigenvalue weighted by Gasteiger charge is -2.11. The Balaban J connectivity index is 2.09. The normalized spacial score (nSPS) is 28.3. The lowest BCUT2D eigenvalue weighted by Crippen LogP contribution is -2.24. The third-order valence-corrected chi connectivity index (χ3v) is 2.56. The predicted molar refractivity (Wildman–Crippen MR) is 53.0 cm³/mol. The maximum absolute atomic E-state index is 11.1. The van der Waals surface area contributed by atoms with Crippen LogP contribution in [0.3, 0.4) is 0 Å². The molecule has 0 radical (unpaired) electrons. The highest BCUT2D eigenvalue weighted by atomic mass is 16.5. The van der Waals surface area contributed by atoms with Gasteiger partial charge in [0, 0.05) is 6.42 Å². The summed E-state index contributed by atoms with van der Waals surface area (Å²) in [6.07, 6.45) is -0.312. The molecule has 1 aromatic heterocycles. The summed E-state index contributed by atoms with van der Waals surface area (Å²) in [5.74, 6) is -0.709. The average molecular weight is 243 g/mol. The smallest absolute Gasteiger partial charge is 0.377 e. The van der Waals surface area contributed by atoms with Crippen LogP contribution in [0, 0.1) is 0 Å². The fraction of sp³-hybridized carbons (Fsp3) is 0.667. The van der Waals surface area contributed by atoms with E-state index in [0.717, 1.165) is 0 Å². The van der Waals surface area contributed by atoms with Gasteiger partial charge >= 0.3 is 5.97 Å². The second kappa shape index (κ2) is 4.78. The Labute approximate surface area is 96.8 Å². The molecule has 2 rings (SSSR count). The summed E-state index contributed by atoms with van der Waals surface area (Å²) in [6, 6.07) is 0. The quantitative estimate of drug-likeness (QED) is 0.636. The summed E-state index contributed by atoms with van der Waals surface area (Å²) in [5.41, 5.74) is 0. The maximum atomic E-state index is 11.1. The predicted octanol–water partition coefficient (Wildman–Crippen LogP) is -1.29. The Bertz CT molecular complexity index is 407. The van der Waals surface area contributed by atoms with Crippen LogP contribution in [0.15, 0.2) is 6.33 Å². The molecule has 1 aliphatic rings. The van der Waals surface area contributed by atoms with Crippen molar-refractivity contribution in [2.75, 3.05) is 13.7 Å². The summed E-state index contributed by atoms with van der Waals surface area (Å²) >= 11 is 0. The van der Waals surface area contributed by atoms with Gasteiger partial charge in [0.1, 0.15) is 12.4 Å². The molecule has 0 aliphatic carbocycles. The first-order valence-corrected chi connectivity index (χ1v) is 5.09. The Morgan fingerprint density at radius 2 is 2.53 bits per heavy atom. The van der Waals surface area contributed by atoms with Gasteiger partial charge in [0.25, 0.3) is 5.82 Å². The lowest BCUT2D eigenvalue weighted by molar-refractivity contribution is -0.0486. The van der Waals surface area contributed by atoms with Gasteiger partial charge < -0.3 is 19.7 Å². The van der Waals surface area contributed by atoms with Crippen LogP contribution >= 0.6 is 0 Å². The Morgan fingerprint density at radius 1 is 1.76 bits per heavy atom.